The van der Waals surface area contributed by atoms with E-state index in [0.29, 0.717) is 12.1 Å². The highest BCUT2D eigenvalue weighted by molar-refractivity contribution is 7.92. The first-order valence-electron chi connectivity index (χ1n) is 6.21. The first-order valence-corrected chi connectivity index (χ1v) is 7.86. The predicted octanol–water partition coefficient (Wildman–Crippen LogP) is 2.41. The van der Waals surface area contributed by atoms with Gasteiger partial charge in [-0.2, -0.15) is 5.10 Å². The van der Waals surface area contributed by atoms with E-state index in [0.717, 1.165) is 12.1 Å². The SMILES string of the molecule is CCCCS(=O)(=O)Nc1cccc(-n2cccn2)c1. The normalized spacial score (nSPS) is 11.4. The summed E-state index contributed by atoms with van der Waals surface area (Å²) in [4.78, 5) is 0. The molecular weight excluding hydrogens is 262 g/mol. The number of unbranched alkanes of at least 4 members (excludes halogenated alkanes) is 1. The molecule has 0 fully saturated rings. The summed E-state index contributed by atoms with van der Waals surface area (Å²) in [5.74, 6) is 0.148. The van der Waals surface area contributed by atoms with Crippen LogP contribution in [0.1, 0.15) is 19.8 Å². The Morgan fingerprint density at radius 1 is 1.32 bits per heavy atom. The van der Waals surface area contributed by atoms with Crippen LogP contribution in [0.4, 0.5) is 5.69 Å². The first kappa shape index (κ1) is 13.6. The Kier molecular flexibility index (Phi) is 4.21. The molecule has 0 unspecified atom stereocenters. The molecule has 0 atom stereocenters. The standard InChI is InChI=1S/C13H17N3O2S/c1-2-3-10-19(17,18)15-12-6-4-7-13(11-12)16-9-5-8-14-16/h4-9,11,15H,2-3,10H2,1H3. The molecule has 0 aliphatic carbocycles. The maximum absolute atomic E-state index is 11.8. The molecule has 1 aromatic heterocycles. The van der Waals surface area contributed by atoms with E-state index in [1.165, 1.54) is 0 Å². The van der Waals surface area contributed by atoms with Gasteiger partial charge in [0.2, 0.25) is 10.0 Å². The lowest BCUT2D eigenvalue weighted by atomic mass is 10.3. The van der Waals surface area contributed by atoms with Gasteiger partial charge in [-0.05, 0) is 30.7 Å². The number of anilines is 1. The second-order valence-corrected chi connectivity index (χ2v) is 6.12. The number of nitrogens with one attached hydrogen (secondary N) is 1. The fourth-order valence-electron chi connectivity index (χ4n) is 1.70. The molecule has 0 saturated carbocycles. The van der Waals surface area contributed by atoms with Crippen molar-refractivity contribution >= 4 is 15.7 Å². The Bertz CT molecular complexity index is 621. The molecule has 102 valence electrons. The Balaban J connectivity index is 2.16. The molecule has 0 saturated heterocycles. The lowest BCUT2D eigenvalue weighted by Gasteiger charge is -2.09. The first-order chi connectivity index (χ1) is 9.11. The number of aromatic nitrogens is 2. The van der Waals surface area contributed by atoms with Crippen LogP contribution in [-0.2, 0) is 10.0 Å². The second kappa shape index (κ2) is 5.88. The van der Waals surface area contributed by atoms with Gasteiger partial charge in [0.25, 0.3) is 0 Å². The lowest BCUT2D eigenvalue weighted by Crippen LogP contribution is -2.16. The Morgan fingerprint density at radius 3 is 2.84 bits per heavy atom. The lowest BCUT2D eigenvalue weighted by molar-refractivity contribution is 0.598. The molecule has 2 rings (SSSR count). The summed E-state index contributed by atoms with van der Waals surface area (Å²) in [6, 6.07) is 8.98. The Morgan fingerprint density at radius 2 is 2.16 bits per heavy atom. The molecule has 5 nitrogen and oxygen atoms in total. The van der Waals surface area contributed by atoms with Gasteiger partial charge < -0.3 is 0 Å². The van der Waals surface area contributed by atoms with Crippen LogP contribution in [0.25, 0.3) is 5.69 Å². The molecule has 0 bridgehead atoms. The van der Waals surface area contributed by atoms with Gasteiger partial charge in [0.05, 0.1) is 17.1 Å². The van der Waals surface area contributed by atoms with Crippen molar-refractivity contribution < 1.29 is 8.42 Å². The van der Waals surface area contributed by atoms with Crippen molar-refractivity contribution in [3.63, 3.8) is 0 Å². The van der Waals surface area contributed by atoms with Gasteiger partial charge in [-0.25, -0.2) is 13.1 Å². The number of benzene rings is 1. The smallest absolute Gasteiger partial charge is 0.232 e. The van der Waals surface area contributed by atoms with Crippen molar-refractivity contribution in [2.75, 3.05) is 10.5 Å². The molecule has 0 aliphatic rings. The van der Waals surface area contributed by atoms with Gasteiger partial charge in [-0.1, -0.05) is 19.4 Å². The van der Waals surface area contributed by atoms with E-state index < -0.39 is 10.0 Å². The molecule has 1 aromatic carbocycles. The highest BCUT2D eigenvalue weighted by Crippen LogP contribution is 2.15. The Hall–Kier alpha value is -1.82. The number of rotatable bonds is 6. The summed E-state index contributed by atoms with van der Waals surface area (Å²) in [6.07, 6.45) is 5.01. The van der Waals surface area contributed by atoms with Crippen molar-refractivity contribution in [2.45, 2.75) is 19.8 Å². The van der Waals surface area contributed by atoms with E-state index in [1.807, 2.05) is 25.3 Å². The van der Waals surface area contributed by atoms with Crippen LogP contribution in [0.15, 0.2) is 42.7 Å². The second-order valence-electron chi connectivity index (χ2n) is 4.28. The van der Waals surface area contributed by atoms with E-state index >= 15 is 0 Å². The molecule has 1 heterocycles. The number of nitrogens with zero attached hydrogens (tertiary/aromatic N) is 2. The highest BCUT2D eigenvalue weighted by Gasteiger charge is 2.09. The van der Waals surface area contributed by atoms with Gasteiger partial charge in [0, 0.05) is 12.4 Å². The Labute approximate surface area is 113 Å². The quantitative estimate of drug-likeness (QED) is 0.883. The zero-order valence-electron chi connectivity index (χ0n) is 10.8. The molecule has 19 heavy (non-hydrogen) atoms. The van der Waals surface area contributed by atoms with Crippen molar-refractivity contribution in [1.29, 1.82) is 0 Å². The topological polar surface area (TPSA) is 64.0 Å². The number of sulfonamides is 1. The van der Waals surface area contributed by atoms with Gasteiger partial charge in [-0.3, -0.25) is 4.72 Å². The maximum atomic E-state index is 11.8. The van der Waals surface area contributed by atoms with Crippen LogP contribution in [0.3, 0.4) is 0 Å². The minimum atomic E-state index is -3.26. The van der Waals surface area contributed by atoms with Gasteiger partial charge in [-0.15, -0.1) is 0 Å². The molecule has 0 spiro atoms. The number of hydrogen-bond acceptors (Lipinski definition) is 3. The summed E-state index contributed by atoms with van der Waals surface area (Å²) >= 11 is 0. The van der Waals surface area contributed by atoms with E-state index in [9.17, 15) is 8.42 Å². The third kappa shape index (κ3) is 3.82. The third-order valence-corrected chi connectivity index (χ3v) is 4.03. The van der Waals surface area contributed by atoms with E-state index in [4.69, 9.17) is 0 Å². The fourth-order valence-corrected chi connectivity index (χ4v) is 2.96. The average molecular weight is 279 g/mol. The van der Waals surface area contributed by atoms with E-state index in [2.05, 4.69) is 9.82 Å². The molecule has 6 heteroatoms. The maximum Gasteiger partial charge on any atom is 0.232 e. The summed E-state index contributed by atoms with van der Waals surface area (Å²) in [5, 5.41) is 4.11. The molecule has 1 N–H and O–H groups in total. The molecule has 2 aromatic rings. The largest absolute Gasteiger partial charge is 0.283 e. The van der Waals surface area contributed by atoms with Crippen LogP contribution in [-0.4, -0.2) is 24.0 Å². The molecule has 0 radical (unpaired) electrons. The zero-order chi connectivity index (χ0) is 13.7. The van der Waals surface area contributed by atoms with Crippen LogP contribution in [0.2, 0.25) is 0 Å². The minimum absolute atomic E-state index is 0.148. The van der Waals surface area contributed by atoms with Crippen LogP contribution in [0.5, 0.6) is 0 Å². The van der Waals surface area contributed by atoms with Crippen LogP contribution in [0, 0.1) is 0 Å². The molecule has 0 amide bonds. The van der Waals surface area contributed by atoms with E-state index in [-0.39, 0.29) is 5.75 Å². The molecule has 0 aliphatic heterocycles. The van der Waals surface area contributed by atoms with Gasteiger partial charge in [0.1, 0.15) is 0 Å². The van der Waals surface area contributed by atoms with Gasteiger partial charge >= 0.3 is 0 Å². The fraction of sp³-hybridized carbons (Fsp3) is 0.308. The monoisotopic (exact) mass is 279 g/mol. The predicted molar refractivity (Wildman–Crippen MR) is 75.9 cm³/mol. The summed E-state index contributed by atoms with van der Waals surface area (Å²) in [5.41, 5.74) is 1.38. The van der Waals surface area contributed by atoms with Crippen LogP contribution < -0.4 is 4.72 Å². The van der Waals surface area contributed by atoms with Crippen molar-refractivity contribution in [1.82, 2.24) is 9.78 Å². The van der Waals surface area contributed by atoms with Crippen molar-refractivity contribution in [3.05, 3.63) is 42.7 Å². The summed E-state index contributed by atoms with van der Waals surface area (Å²) < 4.78 is 27.9. The minimum Gasteiger partial charge on any atom is -0.283 e. The van der Waals surface area contributed by atoms with E-state index in [1.54, 1.807) is 29.1 Å². The molecular formula is C13H17N3O2S. The van der Waals surface area contributed by atoms with Crippen molar-refractivity contribution in [3.8, 4) is 5.69 Å². The third-order valence-electron chi connectivity index (χ3n) is 2.66. The zero-order valence-corrected chi connectivity index (χ0v) is 11.6. The van der Waals surface area contributed by atoms with Crippen LogP contribution >= 0.6 is 0 Å². The highest BCUT2D eigenvalue weighted by atomic mass is 32.2. The number of hydrogen-bond donors (Lipinski definition) is 1. The summed E-state index contributed by atoms with van der Waals surface area (Å²) in [7, 11) is -3.26. The van der Waals surface area contributed by atoms with Crippen molar-refractivity contribution in [2.24, 2.45) is 0 Å². The average Bonchev–Trinajstić information content (AvgIpc) is 2.90. The summed E-state index contributed by atoms with van der Waals surface area (Å²) in [6.45, 7) is 1.97. The van der Waals surface area contributed by atoms with Gasteiger partial charge in [0.15, 0.2) is 0 Å².